The smallest absolute Gasteiger partial charge is 0.231 e. The first kappa shape index (κ1) is 21.2. The Kier molecular flexibility index (Phi) is 6.41. The lowest BCUT2D eigenvalue weighted by Gasteiger charge is -2.31. The highest BCUT2D eigenvalue weighted by Gasteiger charge is 2.29. The van der Waals surface area contributed by atoms with Crippen molar-refractivity contribution in [2.45, 2.75) is 25.2 Å². The number of carbonyl (C=O) groups is 1. The second-order valence-electron chi connectivity index (χ2n) is 7.31. The maximum absolute atomic E-state index is 12.7. The number of thiophene rings is 1. The highest BCUT2D eigenvalue weighted by Crippen LogP contribution is 2.41. The number of hydrogen-bond donors (Lipinski definition) is 0. The SMILES string of the molecule is COc1cc(-c2noc(C3CCCN(C(=O)Cc4cccs4)C3)n2)cc(OC)c1OC. The van der Waals surface area contributed by atoms with Crippen LogP contribution in [0.4, 0.5) is 0 Å². The van der Waals surface area contributed by atoms with Gasteiger partial charge in [-0.2, -0.15) is 4.98 Å². The Labute approximate surface area is 184 Å². The van der Waals surface area contributed by atoms with Gasteiger partial charge in [-0.1, -0.05) is 11.2 Å². The van der Waals surface area contributed by atoms with E-state index in [1.807, 2.05) is 22.4 Å². The summed E-state index contributed by atoms with van der Waals surface area (Å²) < 4.78 is 21.8. The zero-order valence-corrected chi connectivity index (χ0v) is 18.6. The van der Waals surface area contributed by atoms with Crippen molar-refractivity contribution in [2.75, 3.05) is 34.4 Å². The van der Waals surface area contributed by atoms with Crippen LogP contribution in [0.1, 0.15) is 29.5 Å². The van der Waals surface area contributed by atoms with Crippen molar-refractivity contribution in [3.8, 4) is 28.6 Å². The minimum absolute atomic E-state index is 0.0179. The number of benzene rings is 1. The summed E-state index contributed by atoms with van der Waals surface area (Å²) in [5.74, 6) is 2.68. The van der Waals surface area contributed by atoms with E-state index in [-0.39, 0.29) is 11.8 Å². The van der Waals surface area contributed by atoms with Gasteiger partial charge in [-0.3, -0.25) is 4.79 Å². The quantitative estimate of drug-likeness (QED) is 0.549. The lowest BCUT2D eigenvalue weighted by Crippen LogP contribution is -2.39. The number of amides is 1. The van der Waals surface area contributed by atoms with Crippen LogP contribution in [0.5, 0.6) is 17.2 Å². The predicted molar refractivity (Wildman–Crippen MR) is 116 cm³/mol. The van der Waals surface area contributed by atoms with Crippen molar-refractivity contribution in [1.82, 2.24) is 15.0 Å². The first-order valence-corrected chi connectivity index (χ1v) is 10.9. The Balaban J connectivity index is 1.51. The number of piperidine rings is 1. The van der Waals surface area contributed by atoms with Gasteiger partial charge < -0.3 is 23.6 Å². The third-order valence-corrected chi connectivity index (χ3v) is 6.27. The van der Waals surface area contributed by atoms with E-state index in [1.165, 1.54) is 0 Å². The summed E-state index contributed by atoms with van der Waals surface area (Å²) in [6, 6.07) is 7.53. The van der Waals surface area contributed by atoms with Crippen LogP contribution in [-0.4, -0.2) is 55.4 Å². The van der Waals surface area contributed by atoms with Gasteiger partial charge in [-0.05, 0) is 36.4 Å². The fourth-order valence-electron chi connectivity index (χ4n) is 3.81. The lowest BCUT2D eigenvalue weighted by atomic mass is 9.97. The highest BCUT2D eigenvalue weighted by atomic mass is 32.1. The molecule has 1 amide bonds. The summed E-state index contributed by atoms with van der Waals surface area (Å²) in [6.07, 6.45) is 2.24. The van der Waals surface area contributed by atoms with Crippen LogP contribution in [0.2, 0.25) is 0 Å². The number of hydrogen-bond acceptors (Lipinski definition) is 8. The Morgan fingerprint density at radius 2 is 2.00 bits per heavy atom. The summed E-state index contributed by atoms with van der Waals surface area (Å²) in [7, 11) is 4.68. The van der Waals surface area contributed by atoms with Crippen LogP contribution in [0.3, 0.4) is 0 Å². The third kappa shape index (κ3) is 4.51. The molecule has 4 rings (SSSR count). The maximum atomic E-state index is 12.7. The van der Waals surface area contributed by atoms with Gasteiger partial charge in [0.2, 0.25) is 23.4 Å². The Morgan fingerprint density at radius 1 is 1.23 bits per heavy atom. The maximum Gasteiger partial charge on any atom is 0.231 e. The van der Waals surface area contributed by atoms with Crippen molar-refractivity contribution in [1.29, 1.82) is 0 Å². The van der Waals surface area contributed by atoms with Gasteiger partial charge in [0.25, 0.3) is 0 Å². The van der Waals surface area contributed by atoms with E-state index in [1.54, 1.807) is 44.8 Å². The minimum Gasteiger partial charge on any atom is -0.493 e. The van der Waals surface area contributed by atoms with Gasteiger partial charge in [0.15, 0.2) is 11.5 Å². The van der Waals surface area contributed by atoms with Crippen LogP contribution >= 0.6 is 11.3 Å². The van der Waals surface area contributed by atoms with Gasteiger partial charge >= 0.3 is 0 Å². The molecule has 0 saturated carbocycles. The van der Waals surface area contributed by atoms with Crippen LogP contribution in [0.25, 0.3) is 11.4 Å². The summed E-state index contributed by atoms with van der Waals surface area (Å²) >= 11 is 1.60. The van der Waals surface area contributed by atoms with E-state index in [4.69, 9.17) is 18.7 Å². The molecule has 164 valence electrons. The van der Waals surface area contributed by atoms with Crippen LogP contribution in [0.15, 0.2) is 34.2 Å². The molecule has 31 heavy (non-hydrogen) atoms. The van der Waals surface area contributed by atoms with Crippen molar-refractivity contribution in [2.24, 2.45) is 0 Å². The van der Waals surface area contributed by atoms with Gasteiger partial charge in [0, 0.05) is 23.5 Å². The molecule has 8 nitrogen and oxygen atoms in total. The molecule has 0 spiro atoms. The molecule has 0 radical (unpaired) electrons. The van der Waals surface area contributed by atoms with Crippen molar-refractivity contribution < 1.29 is 23.5 Å². The topological polar surface area (TPSA) is 86.9 Å². The molecule has 1 fully saturated rings. The first-order valence-electron chi connectivity index (χ1n) is 10.1. The number of carbonyl (C=O) groups excluding carboxylic acids is 1. The van der Waals surface area contributed by atoms with Crippen molar-refractivity contribution >= 4 is 17.2 Å². The minimum atomic E-state index is 0.0179. The van der Waals surface area contributed by atoms with E-state index >= 15 is 0 Å². The highest BCUT2D eigenvalue weighted by molar-refractivity contribution is 7.10. The summed E-state index contributed by atoms with van der Waals surface area (Å²) in [5, 5.41) is 6.15. The van der Waals surface area contributed by atoms with Crippen LogP contribution in [0, 0.1) is 0 Å². The number of ether oxygens (including phenoxy) is 3. The largest absolute Gasteiger partial charge is 0.493 e. The standard InChI is InChI=1S/C22H25N3O5S/c1-27-17-10-15(11-18(28-2)20(17)29-3)21-23-22(30-24-21)14-6-4-8-25(13-14)19(26)12-16-7-5-9-31-16/h5,7,9-11,14H,4,6,8,12-13H2,1-3H3. The van der Waals surface area contributed by atoms with Gasteiger partial charge in [0.05, 0.1) is 33.7 Å². The number of likely N-dealkylation sites (tertiary alicyclic amines) is 1. The fraction of sp³-hybridized carbons (Fsp3) is 0.409. The Hall–Kier alpha value is -3.07. The zero-order chi connectivity index (χ0) is 21.8. The number of methoxy groups -OCH3 is 3. The molecule has 1 aromatic carbocycles. The van der Waals surface area contributed by atoms with E-state index < -0.39 is 0 Å². The first-order chi connectivity index (χ1) is 15.1. The Bertz CT molecular complexity index is 1010. The molecular formula is C22H25N3O5S. The normalized spacial score (nSPS) is 16.2. The van der Waals surface area contributed by atoms with Gasteiger partial charge in [0.1, 0.15) is 0 Å². The average molecular weight is 444 g/mol. The summed E-state index contributed by atoms with van der Waals surface area (Å²) in [4.78, 5) is 20.3. The number of aromatic nitrogens is 2. The van der Waals surface area contributed by atoms with Crippen LogP contribution < -0.4 is 14.2 Å². The average Bonchev–Trinajstić information content (AvgIpc) is 3.50. The van der Waals surface area contributed by atoms with Crippen molar-refractivity contribution in [3.63, 3.8) is 0 Å². The molecule has 9 heteroatoms. The van der Waals surface area contributed by atoms with E-state index in [0.717, 1.165) is 24.3 Å². The molecule has 2 aromatic heterocycles. The molecule has 1 unspecified atom stereocenters. The van der Waals surface area contributed by atoms with E-state index in [2.05, 4.69) is 10.1 Å². The lowest BCUT2D eigenvalue weighted by molar-refractivity contribution is -0.131. The molecular weight excluding hydrogens is 418 g/mol. The second kappa shape index (κ2) is 9.38. The van der Waals surface area contributed by atoms with Gasteiger partial charge in [-0.15, -0.1) is 11.3 Å². The molecule has 1 atom stereocenters. The molecule has 1 saturated heterocycles. The molecule has 1 aliphatic heterocycles. The molecule has 3 aromatic rings. The molecule has 1 aliphatic rings. The third-order valence-electron chi connectivity index (χ3n) is 5.39. The van der Waals surface area contributed by atoms with Gasteiger partial charge in [-0.25, -0.2) is 0 Å². The molecule has 0 aliphatic carbocycles. The fourth-order valence-corrected chi connectivity index (χ4v) is 4.50. The van der Waals surface area contributed by atoms with E-state index in [9.17, 15) is 4.79 Å². The van der Waals surface area contributed by atoms with Crippen LogP contribution in [-0.2, 0) is 11.2 Å². The second-order valence-corrected chi connectivity index (χ2v) is 8.34. The summed E-state index contributed by atoms with van der Waals surface area (Å²) in [5.41, 5.74) is 0.700. The molecule has 0 bridgehead atoms. The number of rotatable bonds is 7. The van der Waals surface area contributed by atoms with Crippen molar-refractivity contribution in [3.05, 3.63) is 40.4 Å². The van der Waals surface area contributed by atoms with E-state index in [0.29, 0.717) is 47.5 Å². The summed E-state index contributed by atoms with van der Waals surface area (Å²) in [6.45, 7) is 1.34. The Morgan fingerprint density at radius 3 is 2.65 bits per heavy atom. The molecule has 0 N–H and O–H groups in total. The predicted octanol–water partition coefficient (Wildman–Crippen LogP) is 3.77. The molecule has 3 heterocycles. The monoisotopic (exact) mass is 443 g/mol. The zero-order valence-electron chi connectivity index (χ0n) is 17.8. The number of nitrogens with zero attached hydrogens (tertiary/aromatic N) is 3.